The maximum Gasteiger partial charge on any atom is 0.266 e. The summed E-state index contributed by atoms with van der Waals surface area (Å²) in [5, 5.41) is 0.726. The van der Waals surface area contributed by atoms with E-state index in [9.17, 15) is 4.79 Å². The molecule has 6 heteroatoms. The molecular weight excluding hydrogens is 348 g/mol. The van der Waals surface area contributed by atoms with E-state index in [2.05, 4.69) is 11.9 Å². The molecule has 0 unspecified atom stereocenters. The van der Waals surface area contributed by atoms with E-state index in [0.717, 1.165) is 28.8 Å². The number of hydrogen-bond acceptors (Lipinski definition) is 5. The smallest absolute Gasteiger partial charge is 0.266 e. The quantitative estimate of drug-likeness (QED) is 0.768. The number of carbonyl (C=O) groups is 1. The van der Waals surface area contributed by atoms with Gasteiger partial charge in [0.15, 0.2) is 11.8 Å². The van der Waals surface area contributed by atoms with E-state index in [1.165, 1.54) is 0 Å². The second kappa shape index (κ2) is 8.76. The van der Waals surface area contributed by atoms with Gasteiger partial charge in [-0.05, 0) is 42.8 Å². The molecule has 0 N–H and O–H groups in total. The Morgan fingerprint density at radius 1 is 1.15 bits per heavy atom. The van der Waals surface area contributed by atoms with Crippen LogP contribution in [0.2, 0.25) is 0 Å². The number of para-hydroxylation sites is 1. The van der Waals surface area contributed by atoms with E-state index >= 15 is 0 Å². The third-order valence-corrected chi connectivity index (χ3v) is 5.22. The number of ether oxygens (including phenoxy) is 2. The van der Waals surface area contributed by atoms with Gasteiger partial charge in [0.1, 0.15) is 11.5 Å². The predicted octanol–water partition coefficient (Wildman–Crippen LogP) is 4.12. The first-order valence-electron chi connectivity index (χ1n) is 8.56. The summed E-state index contributed by atoms with van der Waals surface area (Å²) >= 11 is 1.61. The van der Waals surface area contributed by atoms with Crippen LogP contribution in [0.5, 0.6) is 11.5 Å². The Labute approximate surface area is 158 Å². The Morgan fingerprint density at radius 3 is 2.54 bits per heavy atom. The van der Waals surface area contributed by atoms with Crippen LogP contribution in [0.1, 0.15) is 13.3 Å². The van der Waals surface area contributed by atoms with Gasteiger partial charge < -0.3 is 9.47 Å². The van der Waals surface area contributed by atoms with E-state index < -0.39 is 0 Å². The molecule has 0 aliphatic carbocycles. The van der Waals surface area contributed by atoms with Crippen LogP contribution in [-0.2, 0) is 4.79 Å². The number of rotatable bonds is 6. The van der Waals surface area contributed by atoms with Crippen molar-refractivity contribution in [1.29, 1.82) is 0 Å². The maximum atomic E-state index is 12.8. The van der Waals surface area contributed by atoms with E-state index in [-0.39, 0.29) is 18.6 Å². The van der Waals surface area contributed by atoms with Gasteiger partial charge in [-0.25, -0.2) is 4.99 Å². The summed E-state index contributed by atoms with van der Waals surface area (Å²) in [6, 6.07) is 17.0. The molecular formula is C20H22N2O3S. The number of amides is 1. The Balaban J connectivity index is 1.74. The highest BCUT2D eigenvalue weighted by molar-refractivity contribution is 8.14. The van der Waals surface area contributed by atoms with Crippen LogP contribution in [-0.4, -0.2) is 41.5 Å². The molecule has 26 heavy (non-hydrogen) atoms. The third kappa shape index (κ3) is 4.38. The van der Waals surface area contributed by atoms with Crippen LogP contribution in [0.4, 0.5) is 5.69 Å². The van der Waals surface area contributed by atoms with Crippen LogP contribution in [0, 0.1) is 0 Å². The molecule has 1 fully saturated rings. The van der Waals surface area contributed by atoms with Crippen LogP contribution in [0.3, 0.4) is 0 Å². The number of thioether (sulfide) groups is 1. The van der Waals surface area contributed by atoms with Gasteiger partial charge in [0.05, 0.1) is 12.8 Å². The number of methoxy groups -OCH3 is 1. The zero-order valence-electron chi connectivity index (χ0n) is 14.9. The fourth-order valence-electron chi connectivity index (χ4n) is 2.67. The Morgan fingerprint density at radius 2 is 1.88 bits per heavy atom. The fourth-order valence-corrected chi connectivity index (χ4v) is 3.95. The molecule has 1 atom stereocenters. The lowest BCUT2D eigenvalue weighted by Gasteiger charge is -2.23. The van der Waals surface area contributed by atoms with Crippen molar-refractivity contribution in [2.24, 2.45) is 4.99 Å². The molecule has 5 nitrogen and oxygen atoms in total. The molecule has 1 aliphatic heterocycles. The Bertz CT molecular complexity index is 762. The van der Waals surface area contributed by atoms with Gasteiger partial charge in [-0.15, -0.1) is 0 Å². The molecule has 0 bridgehead atoms. The van der Waals surface area contributed by atoms with Gasteiger partial charge in [0.25, 0.3) is 5.91 Å². The van der Waals surface area contributed by atoms with Crippen molar-refractivity contribution < 1.29 is 14.3 Å². The molecule has 0 aromatic heterocycles. The van der Waals surface area contributed by atoms with E-state index in [0.29, 0.717) is 5.75 Å². The van der Waals surface area contributed by atoms with Crippen LogP contribution in [0.25, 0.3) is 0 Å². The summed E-state index contributed by atoms with van der Waals surface area (Å²) < 4.78 is 10.8. The molecule has 2 aromatic carbocycles. The molecule has 1 aliphatic rings. The normalized spacial score (nSPS) is 18.2. The molecule has 136 valence electrons. The number of hydrogen-bond donors (Lipinski definition) is 0. The minimum absolute atomic E-state index is 0.00268. The van der Waals surface area contributed by atoms with Crippen molar-refractivity contribution in [2.75, 3.05) is 19.5 Å². The van der Waals surface area contributed by atoms with E-state index in [4.69, 9.17) is 9.47 Å². The first-order valence-corrected chi connectivity index (χ1v) is 9.55. The average molecular weight is 370 g/mol. The molecule has 2 aromatic rings. The van der Waals surface area contributed by atoms with Crippen molar-refractivity contribution in [3.8, 4) is 11.5 Å². The molecule has 1 saturated heterocycles. The van der Waals surface area contributed by atoms with E-state index in [1.807, 2.05) is 54.6 Å². The van der Waals surface area contributed by atoms with Crippen LogP contribution < -0.4 is 9.47 Å². The van der Waals surface area contributed by atoms with Gasteiger partial charge >= 0.3 is 0 Å². The maximum absolute atomic E-state index is 12.8. The SMILES string of the molecule is CC[C@H]1CSC(=Nc2ccc(OC)cc2)N1C(=O)COc1ccccc1. The fraction of sp³-hybridized carbons (Fsp3) is 0.300. The highest BCUT2D eigenvalue weighted by Gasteiger charge is 2.34. The highest BCUT2D eigenvalue weighted by Crippen LogP contribution is 2.29. The van der Waals surface area contributed by atoms with Crippen LogP contribution >= 0.6 is 11.8 Å². The molecule has 3 rings (SSSR count). The standard InChI is InChI=1S/C20H22N2O3S/c1-3-16-14-26-20(21-15-9-11-17(24-2)12-10-15)22(16)19(23)13-25-18-7-5-4-6-8-18/h4-12,16H,3,13-14H2,1-2H3/t16-/m0/s1. The summed E-state index contributed by atoms with van der Waals surface area (Å²) in [4.78, 5) is 19.2. The summed E-state index contributed by atoms with van der Waals surface area (Å²) in [5.41, 5.74) is 0.798. The van der Waals surface area contributed by atoms with Crippen molar-refractivity contribution >= 4 is 28.5 Å². The average Bonchev–Trinajstić information content (AvgIpc) is 3.10. The summed E-state index contributed by atoms with van der Waals surface area (Å²) in [5.74, 6) is 2.25. The first kappa shape index (κ1) is 18.3. The molecule has 0 saturated carbocycles. The number of nitrogens with zero attached hydrogens (tertiary/aromatic N) is 2. The second-order valence-corrected chi connectivity index (χ2v) is 6.82. The lowest BCUT2D eigenvalue weighted by molar-refractivity contribution is -0.130. The summed E-state index contributed by atoms with van der Waals surface area (Å²) in [6.07, 6.45) is 0.881. The van der Waals surface area contributed by atoms with Gasteiger partial charge in [-0.3, -0.25) is 9.69 Å². The summed E-state index contributed by atoms with van der Waals surface area (Å²) in [7, 11) is 1.63. The Kier molecular flexibility index (Phi) is 6.17. The molecule has 0 radical (unpaired) electrons. The van der Waals surface area contributed by atoms with Crippen molar-refractivity contribution in [3.05, 3.63) is 54.6 Å². The highest BCUT2D eigenvalue weighted by atomic mass is 32.2. The zero-order valence-corrected chi connectivity index (χ0v) is 15.7. The number of benzene rings is 2. The van der Waals surface area contributed by atoms with Gasteiger partial charge in [0.2, 0.25) is 0 Å². The lowest BCUT2D eigenvalue weighted by atomic mass is 10.2. The largest absolute Gasteiger partial charge is 0.497 e. The number of amidine groups is 1. The zero-order chi connectivity index (χ0) is 18.4. The third-order valence-electron chi connectivity index (χ3n) is 4.12. The minimum Gasteiger partial charge on any atom is -0.497 e. The second-order valence-electron chi connectivity index (χ2n) is 5.83. The molecule has 1 amide bonds. The van der Waals surface area contributed by atoms with Gasteiger partial charge in [0, 0.05) is 11.8 Å². The van der Waals surface area contributed by atoms with Crippen molar-refractivity contribution in [1.82, 2.24) is 4.90 Å². The monoisotopic (exact) mass is 370 g/mol. The van der Waals surface area contributed by atoms with Gasteiger partial charge in [-0.2, -0.15) is 0 Å². The molecule has 0 spiro atoms. The van der Waals surface area contributed by atoms with Crippen molar-refractivity contribution in [3.63, 3.8) is 0 Å². The lowest BCUT2D eigenvalue weighted by Crippen LogP contribution is -2.41. The predicted molar refractivity (Wildman–Crippen MR) is 105 cm³/mol. The number of carbonyl (C=O) groups excluding carboxylic acids is 1. The number of aliphatic imine (C=N–C) groups is 1. The molecule has 1 heterocycles. The minimum atomic E-state index is -0.0713. The summed E-state index contributed by atoms with van der Waals surface area (Å²) in [6.45, 7) is 2.09. The topological polar surface area (TPSA) is 51.1 Å². The van der Waals surface area contributed by atoms with Crippen LogP contribution in [0.15, 0.2) is 59.6 Å². The van der Waals surface area contributed by atoms with Gasteiger partial charge in [-0.1, -0.05) is 36.9 Å². The van der Waals surface area contributed by atoms with Crippen molar-refractivity contribution in [2.45, 2.75) is 19.4 Å². The Hall–Kier alpha value is -2.47. The first-order chi connectivity index (χ1) is 12.7. The van der Waals surface area contributed by atoms with E-state index in [1.54, 1.807) is 23.8 Å².